The van der Waals surface area contributed by atoms with Crippen molar-refractivity contribution in [1.82, 2.24) is 10.9 Å². The van der Waals surface area contributed by atoms with Gasteiger partial charge in [0.05, 0.1) is 0 Å². The average molecular weight is 365 g/mol. The van der Waals surface area contributed by atoms with Gasteiger partial charge in [-0.25, -0.2) is 0 Å². The number of rotatable bonds is 3. The third-order valence-electron chi connectivity index (χ3n) is 4.68. The van der Waals surface area contributed by atoms with E-state index in [0.717, 1.165) is 29.7 Å². The lowest BCUT2D eigenvalue weighted by atomic mass is 10.1. The van der Waals surface area contributed by atoms with Crippen LogP contribution in [-0.4, -0.2) is 24.3 Å². The van der Waals surface area contributed by atoms with Crippen molar-refractivity contribution in [2.75, 3.05) is 11.4 Å². The smallest absolute Gasteiger partial charge is 0.269 e. The van der Waals surface area contributed by atoms with Gasteiger partial charge in [-0.1, -0.05) is 17.7 Å². The maximum absolute atomic E-state index is 12.3. The molecule has 1 heterocycles. The van der Waals surface area contributed by atoms with E-state index in [-0.39, 0.29) is 11.8 Å². The number of amides is 3. The van der Waals surface area contributed by atoms with E-state index in [0.29, 0.717) is 24.1 Å². The fourth-order valence-electron chi connectivity index (χ4n) is 3.19. The summed E-state index contributed by atoms with van der Waals surface area (Å²) in [5.74, 6) is -0.666. The van der Waals surface area contributed by atoms with Crippen molar-refractivity contribution in [3.63, 3.8) is 0 Å². The van der Waals surface area contributed by atoms with Crippen LogP contribution in [0.15, 0.2) is 42.5 Å². The molecule has 0 unspecified atom stereocenters. The van der Waals surface area contributed by atoms with Gasteiger partial charge in [0.25, 0.3) is 11.8 Å². The van der Waals surface area contributed by atoms with Gasteiger partial charge < -0.3 is 4.90 Å². The Bertz CT molecular complexity index is 875. The van der Waals surface area contributed by atoms with Crippen LogP contribution in [0.1, 0.15) is 51.1 Å². The first-order chi connectivity index (χ1) is 13.0. The molecule has 1 aliphatic heterocycles. The normalized spacial score (nSPS) is 14.0. The summed E-state index contributed by atoms with van der Waals surface area (Å²) in [6, 6.07) is 12.3. The van der Waals surface area contributed by atoms with Gasteiger partial charge in [-0.3, -0.25) is 25.2 Å². The number of benzene rings is 2. The standard InChI is InChI=1S/C21H23N3O3/c1-14-6-11-18(15(2)13-14)21(27)23-22-20(26)16-7-9-17(10-8-16)24-12-4-3-5-19(24)25/h6-11,13H,3-5,12H2,1-2H3,(H,22,26)(H,23,27). The molecule has 0 saturated carbocycles. The minimum absolute atomic E-state index is 0.110. The molecule has 1 fully saturated rings. The van der Waals surface area contributed by atoms with E-state index in [2.05, 4.69) is 10.9 Å². The van der Waals surface area contributed by atoms with Gasteiger partial charge in [0.1, 0.15) is 0 Å². The van der Waals surface area contributed by atoms with Crippen LogP contribution >= 0.6 is 0 Å². The van der Waals surface area contributed by atoms with E-state index in [4.69, 9.17) is 0 Å². The summed E-state index contributed by atoms with van der Waals surface area (Å²) in [7, 11) is 0. The Labute approximate surface area is 158 Å². The molecule has 140 valence electrons. The van der Waals surface area contributed by atoms with Crippen LogP contribution in [0.4, 0.5) is 5.69 Å². The van der Waals surface area contributed by atoms with Crippen LogP contribution in [0.5, 0.6) is 0 Å². The number of carbonyl (C=O) groups excluding carboxylic acids is 3. The molecule has 3 amide bonds. The van der Waals surface area contributed by atoms with E-state index in [1.807, 2.05) is 26.0 Å². The Kier molecular flexibility index (Phi) is 5.54. The van der Waals surface area contributed by atoms with Gasteiger partial charge in [-0.2, -0.15) is 0 Å². The molecule has 2 N–H and O–H groups in total. The molecular weight excluding hydrogens is 342 g/mol. The molecule has 6 nitrogen and oxygen atoms in total. The lowest BCUT2D eigenvalue weighted by Gasteiger charge is -2.26. The van der Waals surface area contributed by atoms with Gasteiger partial charge in [0, 0.05) is 29.8 Å². The average Bonchev–Trinajstić information content (AvgIpc) is 2.66. The largest absolute Gasteiger partial charge is 0.312 e. The lowest BCUT2D eigenvalue weighted by molar-refractivity contribution is -0.119. The number of nitrogens with zero attached hydrogens (tertiary/aromatic N) is 1. The van der Waals surface area contributed by atoms with Crippen molar-refractivity contribution < 1.29 is 14.4 Å². The summed E-state index contributed by atoms with van der Waals surface area (Å²) in [5, 5.41) is 0. The van der Waals surface area contributed by atoms with Crippen LogP contribution in [0, 0.1) is 13.8 Å². The molecule has 1 saturated heterocycles. The Balaban J connectivity index is 1.61. The number of aryl methyl sites for hydroxylation is 2. The highest BCUT2D eigenvalue weighted by Crippen LogP contribution is 2.21. The first-order valence-electron chi connectivity index (χ1n) is 9.04. The minimum Gasteiger partial charge on any atom is -0.312 e. The van der Waals surface area contributed by atoms with Gasteiger partial charge in [0.2, 0.25) is 5.91 Å². The zero-order valence-corrected chi connectivity index (χ0v) is 15.5. The summed E-state index contributed by atoms with van der Waals surface area (Å²) in [6.45, 7) is 4.51. The Hall–Kier alpha value is -3.15. The maximum atomic E-state index is 12.3. The number of nitrogens with one attached hydrogen (secondary N) is 2. The molecule has 0 atom stereocenters. The Morgan fingerprint density at radius 1 is 0.926 bits per heavy atom. The fraction of sp³-hybridized carbons (Fsp3) is 0.286. The van der Waals surface area contributed by atoms with Crippen LogP contribution in [0.3, 0.4) is 0 Å². The maximum Gasteiger partial charge on any atom is 0.269 e. The lowest BCUT2D eigenvalue weighted by Crippen LogP contribution is -2.41. The second kappa shape index (κ2) is 8.03. The van der Waals surface area contributed by atoms with E-state index in [1.54, 1.807) is 35.2 Å². The van der Waals surface area contributed by atoms with Crippen molar-refractivity contribution >= 4 is 23.4 Å². The Morgan fingerprint density at radius 3 is 2.30 bits per heavy atom. The molecule has 3 rings (SSSR count). The highest BCUT2D eigenvalue weighted by Gasteiger charge is 2.19. The molecule has 27 heavy (non-hydrogen) atoms. The Morgan fingerprint density at radius 2 is 1.63 bits per heavy atom. The molecule has 2 aromatic rings. The SMILES string of the molecule is Cc1ccc(C(=O)NNC(=O)c2ccc(N3CCCCC3=O)cc2)c(C)c1. The van der Waals surface area contributed by atoms with Gasteiger partial charge in [-0.05, 0) is 62.6 Å². The molecule has 1 aliphatic rings. The molecule has 2 aromatic carbocycles. The monoisotopic (exact) mass is 365 g/mol. The second-order valence-electron chi connectivity index (χ2n) is 6.78. The van der Waals surface area contributed by atoms with Crippen molar-refractivity contribution in [1.29, 1.82) is 0 Å². The fourth-order valence-corrected chi connectivity index (χ4v) is 3.19. The molecule has 0 spiro atoms. The van der Waals surface area contributed by atoms with E-state index < -0.39 is 5.91 Å². The van der Waals surface area contributed by atoms with Crippen molar-refractivity contribution in [2.24, 2.45) is 0 Å². The first kappa shape index (κ1) is 18.6. The minimum atomic E-state index is -0.412. The third-order valence-corrected chi connectivity index (χ3v) is 4.68. The van der Waals surface area contributed by atoms with E-state index in [1.165, 1.54) is 0 Å². The van der Waals surface area contributed by atoms with Crippen LogP contribution in [0.2, 0.25) is 0 Å². The van der Waals surface area contributed by atoms with Gasteiger partial charge in [0.15, 0.2) is 0 Å². The number of hydrogen-bond donors (Lipinski definition) is 2. The molecule has 0 aromatic heterocycles. The zero-order valence-electron chi connectivity index (χ0n) is 15.5. The topological polar surface area (TPSA) is 78.5 Å². The quantitative estimate of drug-likeness (QED) is 0.821. The predicted molar refractivity (Wildman–Crippen MR) is 103 cm³/mol. The predicted octanol–water partition coefficient (Wildman–Crippen LogP) is 2.90. The van der Waals surface area contributed by atoms with Crippen LogP contribution in [-0.2, 0) is 4.79 Å². The summed E-state index contributed by atoms with van der Waals surface area (Å²) >= 11 is 0. The third kappa shape index (κ3) is 4.34. The highest BCUT2D eigenvalue weighted by molar-refractivity contribution is 6.00. The van der Waals surface area contributed by atoms with Crippen molar-refractivity contribution in [3.05, 3.63) is 64.7 Å². The summed E-state index contributed by atoms with van der Waals surface area (Å²) in [4.78, 5) is 38.2. The van der Waals surface area contributed by atoms with Crippen LogP contribution in [0.25, 0.3) is 0 Å². The zero-order chi connectivity index (χ0) is 19.4. The van der Waals surface area contributed by atoms with Crippen molar-refractivity contribution in [2.45, 2.75) is 33.1 Å². The number of hydrazine groups is 1. The van der Waals surface area contributed by atoms with Gasteiger partial charge in [-0.15, -0.1) is 0 Å². The first-order valence-corrected chi connectivity index (χ1v) is 9.04. The summed E-state index contributed by atoms with van der Waals surface area (Å²) < 4.78 is 0. The highest BCUT2D eigenvalue weighted by atomic mass is 16.2. The molecule has 0 radical (unpaired) electrons. The summed E-state index contributed by atoms with van der Waals surface area (Å²) in [6.07, 6.45) is 2.47. The van der Waals surface area contributed by atoms with Crippen molar-refractivity contribution in [3.8, 4) is 0 Å². The molecule has 0 bridgehead atoms. The number of anilines is 1. The second-order valence-corrected chi connectivity index (χ2v) is 6.78. The van der Waals surface area contributed by atoms with E-state index in [9.17, 15) is 14.4 Å². The molecule has 0 aliphatic carbocycles. The molecule has 6 heteroatoms. The number of hydrogen-bond acceptors (Lipinski definition) is 3. The number of piperidine rings is 1. The summed E-state index contributed by atoms with van der Waals surface area (Å²) in [5.41, 5.74) is 8.49. The molecular formula is C21H23N3O3. The van der Waals surface area contributed by atoms with Gasteiger partial charge >= 0.3 is 0 Å². The van der Waals surface area contributed by atoms with Crippen LogP contribution < -0.4 is 15.8 Å². The number of carbonyl (C=O) groups is 3. The van der Waals surface area contributed by atoms with E-state index >= 15 is 0 Å².